The number of benzene rings is 1. The first-order valence-electron chi connectivity index (χ1n) is 6.88. The largest absolute Gasteiger partial charge is 0.367 e. The summed E-state index contributed by atoms with van der Waals surface area (Å²) in [5.74, 6) is 1.77. The van der Waals surface area contributed by atoms with Gasteiger partial charge in [0.25, 0.3) is 0 Å². The Morgan fingerprint density at radius 1 is 1.20 bits per heavy atom. The second kappa shape index (κ2) is 4.56. The first-order chi connectivity index (χ1) is 9.79. The van der Waals surface area contributed by atoms with E-state index in [1.165, 1.54) is 22.9 Å². The van der Waals surface area contributed by atoms with E-state index >= 15 is 0 Å². The molecule has 3 aromatic rings. The zero-order valence-corrected chi connectivity index (χ0v) is 12.1. The molecule has 100 valence electrons. The van der Waals surface area contributed by atoms with Crippen LogP contribution in [0.2, 0.25) is 0 Å². The molecule has 20 heavy (non-hydrogen) atoms. The molecule has 4 rings (SSSR count). The molecule has 0 aliphatic heterocycles. The number of aromatic nitrogens is 2. The van der Waals surface area contributed by atoms with Crippen molar-refractivity contribution in [3.63, 3.8) is 0 Å². The van der Waals surface area contributed by atoms with Crippen molar-refractivity contribution in [3.8, 4) is 11.4 Å². The van der Waals surface area contributed by atoms with E-state index in [4.69, 9.17) is 4.98 Å². The summed E-state index contributed by atoms with van der Waals surface area (Å²) >= 11 is 1.75. The van der Waals surface area contributed by atoms with Gasteiger partial charge >= 0.3 is 0 Å². The molecule has 2 heterocycles. The first kappa shape index (κ1) is 11.9. The molecule has 0 unspecified atom stereocenters. The molecule has 1 fully saturated rings. The SMILES string of the molecule is Cc1cc(NC2CC2)nc(-c2csc3ccccc23)n1. The molecule has 1 aliphatic rings. The number of nitrogens with one attached hydrogen (secondary N) is 1. The van der Waals surface area contributed by atoms with Gasteiger partial charge in [-0.15, -0.1) is 11.3 Å². The van der Waals surface area contributed by atoms with Crippen LogP contribution in [-0.4, -0.2) is 16.0 Å². The van der Waals surface area contributed by atoms with Crippen LogP contribution in [0.5, 0.6) is 0 Å². The van der Waals surface area contributed by atoms with Gasteiger partial charge in [-0.05, 0) is 25.8 Å². The van der Waals surface area contributed by atoms with Gasteiger partial charge in [0.1, 0.15) is 5.82 Å². The van der Waals surface area contributed by atoms with E-state index in [2.05, 4.69) is 39.9 Å². The highest BCUT2D eigenvalue weighted by atomic mass is 32.1. The lowest BCUT2D eigenvalue weighted by molar-refractivity contribution is 1.06. The van der Waals surface area contributed by atoms with Gasteiger partial charge in [-0.3, -0.25) is 0 Å². The van der Waals surface area contributed by atoms with Crippen molar-refractivity contribution in [2.24, 2.45) is 0 Å². The molecule has 0 radical (unpaired) electrons. The number of hydrogen-bond donors (Lipinski definition) is 1. The zero-order valence-electron chi connectivity index (χ0n) is 11.3. The topological polar surface area (TPSA) is 37.8 Å². The van der Waals surface area contributed by atoms with Crippen molar-refractivity contribution >= 4 is 27.2 Å². The number of nitrogens with zero attached hydrogens (tertiary/aromatic N) is 2. The maximum Gasteiger partial charge on any atom is 0.163 e. The lowest BCUT2D eigenvalue weighted by Gasteiger charge is -2.07. The maximum atomic E-state index is 4.69. The van der Waals surface area contributed by atoms with Gasteiger partial charge in [0.15, 0.2) is 5.82 Å². The molecule has 3 nitrogen and oxygen atoms in total. The Hall–Kier alpha value is -1.94. The third-order valence-corrected chi connectivity index (χ3v) is 4.47. The molecule has 0 amide bonds. The van der Waals surface area contributed by atoms with Crippen molar-refractivity contribution < 1.29 is 0 Å². The monoisotopic (exact) mass is 281 g/mol. The predicted octanol–water partition coefficient (Wildman–Crippen LogP) is 4.24. The van der Waals surface area contributed by atoms with Crippen LogP contribution in [0.15, 0.2) is 35.7 Å². The molecule has 0 atom stereocenters. The maximum absolute atomic E-state index is 4.69. The molecule has 1 saturated carbocycles. The second-order valence-electron chi connectivity index (χ2n) is 5.28. The highest BCUT2D eigenvalue weighted by molar-refractivity contribution is 7.17. The number of thiophene rings is 1. The summed E-state index contributed by atoms with van der Waals surface area (Å²) in [4.78, 5) is 9.30. The van der Waals surface area contributed by atoms with E-state index in [9.17, 15) is 0 Å². The van der Waals surface area contributed by atoms with E-state index in [1.807, 2.05) is 13.0 Å². The van der Waals surface area contributed by atoms with Crippen LogP contribution in [0, 0.1) is 6.92 Å². The van der Waals surface area contributed by atoms with Crippen LogP contribution in [0.4, 0.5) is 5.82 Å². The van der Waals surface area contributed by atoms with Crippen molar-refractivity contribution in [3.05, 3.63) is 41.4 Å². The summed E-state index contributed by atoms with van der Waals surface area (Å²) in [5.41, 5.74) is 2.14. The third kappa shape index (κ3) is 2.16. The predicted molar refractivity (Wildman–Crippen MR) is 84.2 cm³/mol. The quantitative estimate of drug-likeness (QED) is 0.780. The lowest BCUT2D eigenvalue weighted by atomic mass is 10.1. The smallest absolute Gasteiger partial charge is 0.163 e. The molecule has 0 spiro atoms. The summed E-state index contributed by atoms with van der Waals surface area (Å²) in [6.45, 7) is 2.03. The lowest BCUT2D eigenvalue weighted by Crippen LogP contribution is -2.05. The molecule has 1 aliphatic carbocycles. The Bertz CT molecular complexity index is 774. The van der Waals surface area contributed by atoms with E-state index in [0.29, 0.717) is 6.04 Å². The van der Waals surface area contributed by atoms with Crippen LogP contribution < -0.4 is 5.32 Å². The summed E-state index contributed by atoms with van der Waals surface area (Å²) in [6, 6.07) is 11.0. The summed E-state index contributed by atoms with van der Waals surface area (Å²) in [6.07, 6.45) is 2.50. The minimum Gasteiger partial charge on any atom is -0.367 e. The standard InChI is InChI=1S/C16H15N3S/c1-10-8-15(18-11-6-7-11)19-16(17-10)13-9-20-14-5-3-2-4-12(13)14/h2-5,8-9,11H,6-7H2,1H3,(H,17,18,19). The average molecular weight is 281 g/mol. The van der Waals surface area contributed by atoms with Crippen molar-refractivity contribution in [1.29, 1.82) is 0 Å². The van der Waals surface area contributed by atoms with Crippen LogP contribution in [-0.2, 0) is 0 Å². The highest BCUT2D eigenvalue weighted by Crippen LogP contribution is 2.33. The van der Waals surface area contributed by atoms with Crippen LogP contribution in [0.1, 0.15) is 18.5 Å². The fourth-order valence-electron chi connectivity index (χ4n) is 2.35. The van der Waals surface area contributed by atoms with Crippen molar-refractivity contribution in [1.82, 2.24) is 9.97 Å². The minimum atomic E-state index is 0.608. The number of aryl methyl sites for hydroxylation is 1. The van der Waals surface area contributed by atoms with Crippen LogP contribution in [0.3, 0.4) is 0 Å². The third-order valence-electron chi connectivity index (χ3n) is 3.51. The number of fused-ring (bicyclic) bond motifs is 1. The first-order valence-corrected chi connectivity index (χ1v) is 7.76. The summed E-state index contributed by atoms with van der Waals surface area (Å²) in [7, 11) is 0. The van der Waals surface area contributed by atoms with E-state index in [0.717, 1.165) is 22.9 Å². The Labute approximate surface area is 121 Å². The molecule has 4 heteroatoms. The van der Waals surface area contributed by atoms with Crippen molar-refractivity contribution in [2.75, 3.05) is 5.32 Å². The van der Waals surface area contributed by atoms with Crippen LogP contribution >= 0.6 is 11.3 Å². The Morgan fingerprint density at radius 2 is 2.05 bits per heavy atom. The molecular formula is C16H15N3S. The molecule has 0 bridgehead atoms. The van der Waals surface area contributed by atoms with E-state index in [1.54, 1.807) is 11.3 Å². The molecule has 1 aromatic carbocycles. The number of hydrogen-bond acceptors (Lipinski definition) is 4. The minimum absolute atomic E-state index is 0.608. The van der Waals surface area contributed by atoms with Gasteiger partial charge in [0, 0.05) is 38.8 Å². The Balaban J connectivity index is 1.82. The molecular weight excluding hydrogens is 266 g/mol. The molecule has 0 saturated heterocycles. The zero-order chi connectivity index (χ0) is 13.5. The Kier molecular flexibility index (Phi) is 2.70. The Morgan fingerprint density at radius 3 is 2.90 bits per heavy atom. The molecule has 2 aromatic heterocycles. The normalized spacial score (nSPS) is 14.7. The van der Waals surface area contributed by atoms with Crippen LogP contribution in [0.25, 0.3) is 21.5 Å². The van der Waals surface area contributed by atoms with E-state index < -0.39 is 0 Å². The summed E-state index contributed by atoms with van der Waals surface area (Å²) < 4.78 is 1.28. The van der Waals surface area contributed by atoms with Gasteiger partial charge in [0.2, 0.25) is 0 Å². The van der Waals surface area contributed by atoms with Gasteiger partial charge in [-0.2, -0.15) is 0 Å². The second-order valence-corrected chi connectivity index (χ2v) is 6.19. The summed E-state index contributed by atoms with van der Waals surface area (Å²) in [5, 5.41) is 6.85. The van der Waals surface area contributed by atoms with E-state index in [-0.39, 0.29) is 0 Å². The highest BCUT2D eigenvalue weighted by Gasteiger charge is 2.22. The van der Waals surface area contributed by atoms with Gasteiger partial charge in [0.05, 0.1) is 0 Å². The number of rotatable bonds is 3. The van der Waals surface area contributed by atoms with Crippen molar-refractivity contribution in [2.45, 2.75) is 25.8 Å². The number of anilines is 1. The fraction of sp³-hybridized carbons (Fsp3) is 0.250. The average Bonchev–Trinajstić information content (AvgIpc) is 3.14. The van der Waals surface area contributed by atoms with Gasteiger partial charge < -0.3 is 5.32 Å². The van der Waals surface area contributed by atoms with Gasteiger partial charge in [-0.25, -0.2) is 9.97 Å². The molecule has 1 N–H and O–H groups in total. The fourth-order valence-corrected chi connectivity index (χ4v) is 3.29. The van der Waals surface area contributed by atoms with Gasteiger partial charge in [-0.1, -0.05) is 18.2 Å².